The zero-order chi connectivity index (χ0) is 16.8. The van der Waals surface area contributed by atoms with Gasteiger partial charge in [0.05, 0.1) is 7.11 Å². The van der Waals surface area contributed by atoms with Gasteiger partial charge in [-0.2, -0.15) is 10.4 Å². The van der Waals surface area contributed by atoms with Gasteiger partial charge in [0, 0.05) is 17.5 Å². The molecule has 118 valence electrons. The van der Waals surface area contributed by atoms with E-state index in [-0.39, 0.29) is 0 Å². The Kier molecular flexibility index (Phi) is 4.54. The van der Waals surface area contributed by atoms with Gasteiger partial charge in [-0.3, -0.25) is 5.10 Å². The van der Waals surface area contributed by atoms with Crippen LogP contribution in [0.15, 0.2) is 59.6 Å². The molecule has 0 spiro atoms. The molecule has 6 heteroatoms. The van der Waals surface area contributed by atoms with Crippen LogP contribution >= 0.6 is 0 Å². The maximum absolute atomic E-state index is 9.42. The Hall–Kier alpha value is -3.59. The molecule has 0 aliphatic carbocycles. The van der Waals surface area contributed by atoms with Gasteiger partial charge >= 0.3 is 0 Å². The van der Waals surface area contributed by atoms with Crippen molar-refractivity contribution in [1.82, 2.24) is 10.2 Å². The first-order chi connectivity index (χ1) is 11.8. The number of nitriles is 1. The number of nitrogens with one attached hydrogen (secondary N) is 2. The van der Waals surface area contributed by atoms with Crippen LogP contribution in [0, 0.1) is 11.3 Å². The van der Waals surface area contributed by atoms with E-state index in [9.17, 15) is 5.26 Å². The predicted octanol–water partition coefficient (Wildman–Crippen LogP) is 3.78. The molecule has 2 aromatic carbocycles. The van der Waals surface area contributed by atoms with Crippen molar-refractivity contribution >= 4 is 23.5 Å². The van der Waals surface area contributed by atoms with Crippen molar-refractivity contribution in [3.05, 3.63) is 65.7 Å². The van der Waals surface area contributed by atoms with Gasteiger partial charge in [-0.05, 0) is 24.3 Å². The van der Waals surface area contributed by atoms with Gasteiger partial charge in [0.2, 0.25) is 0 Å². The molecular weight excluding hydrogens is 302 g/mol. The molecule has 0 radical (unpaired) electrons. The number of hydrogen-bond donors (Lipinski definition) is 2. The molecule has 24 heavy (non-hydrogen) atoms. The van der Waals surface area contributed by atoms with Gasteiger partial charge in [-0.1, -0.05) is 30.3 Å². The minimum Gasteiger partial charge on any atom is -0.496 e. The first-order valence-corrected chi connectivity index (χ1v) is 7.29. The molecule has 3 aromatic rings. The predicted molar refractivity (Wildman–Crippen MR) is 93.3 cm³/mol. The van der Waals surface area contributed by atoms with Crippen molar-refractivity contribution in [3.63, 3.8) is 0 Å². The SMILES string of the molecule is COc1ccccc1C=Nc1n[nH]c(Nc2ccccc2)c1C#N. The highest BCUT2D eigenvalue weighted by molar-refractivity contribution is 5.86. The van der Waals surface area contributed by atoms with E-state index >= 15 is 0 Å². The quantitative estimate of drug-likeness (QED) is 0.701. The summed E-state index contributed by atoms with van der Waals surface area (Å²) >= 11 is 0. The Balaban J connectivity index is 1.87. The highest BCUT2D eigenvalue weighted by Crippen LogP contribution is 2.26. The molecule has 0 unspecified atom stereocenters. The standard InChI is InChI=1S/C18H15N5O/c1-24-16-10-6-5-7-13(16)12-20-17-15(11-19)18(23-22-17)21-14-8-3-2-4-9-14/h2-10,12H,1H3,(H2,21,22,23). The number of aliphatic imine (C=N–C) groups is 1. The third-order valence-corrected chi connectivity index (χ3v) is 3.37. The second-order valence-electron chi connectivity index (χ2n) is 4.90. The largest absolute Gasteiger partial charge is 0.496 e. The van der Waals surface area contributed by atoms with E-state index in [0.717, 1.165) is 11.3 Å². The number of aromatic amines is 1. The summed E-state index contributed by atoms with van der Waals surface area (Å²) in [5, 5.41) is 19.5. The van der Waals surface area contributed by atoms with Crippen LogP contribution in [0.2, 0.25) is 0 Å². The van der Waals surface area contributed by atoms with E-state index in [1.165, 1.54) is 0 Å². The third kappa shape index (κ3) is 3.25. The average Bonchev–Trinajstić information content (AvgIpc) is 3.02. The van der Waals surface area contributed by atoms with Crippen LogP contribution in [0.3, 0.4) is 0 Å². The second kappa shape index (κ2) is 7.11. The van der Waals surface area contributed by atoms with Gasteiger partial charge in [-0.15, -0.1) is 0 Å². The number of benzene rings is 2. The van der Waals surface area contributed by atoms with Gasteiger partial charge in [-0.25, -0.2) is 4.99 Å². The van der Waals surface area contributed by atoms with Crippen LogP contribution < -0.4 is 10.1 Å². The van der Waals surface area contributed by atoms with E-state index < -0.39 is 0 Å². The number of methoxy groups -OCH3 is 1. The molecule has 1 aromatic heterocycles. The van der Waals surface area contributed by atoms with Crippen LogP contribution in [0.5, 0.6) is 5.75 Å². The Morgan fingerprint density at radius 1 is 1.17 bits per heavy atom. The van der Waals surface area contributed by atoms with Crippen LogP contribution in [0.4, 0.5) is 17.3 Å². The lowest BCUT2D eigenvalue weighted by Crippen LogP contribution is -1.92. The van der Waals surface area contributed by atoms with Gasteiger partial charge in [0.1, 0.15) is 23.2 Å². The number of para-hydroxylation sites is 2. The summed E-state index contributed by atoms with van der Waals surface area (Å²) in [7, 11) is 1.60. The Labute approximate surface area is 139 Å². The molecule has 3 rings (SSSR count). The monoisotopic (exact) mass is 317 g/mol. The minimum absolute atomic E-state index is 0.321. The molecular formula is C18H15N5O. The first-order valence-electron chi connectivity index (χ1n) is 7.29. The fourth-order valence-corrected chi connectivity index (χ4v) is 2.19. The van der Waals surface area contributed by atoms with Gasteiger partial charge in [0.25, 0.3) is 0 Å². The summed E-state index contributed by atoms with van der Waals surface area (Å²) in [6, 6.07) is 19.2. The normalized spacial score (nSPS) is 10.5. The first kappa shape index (κ1) is 15.3. The topological polar surface area (TPSA) is 86.1 Å². The summed E-state index contributed by atoms with van der Waals surface area (Å²) in [5.74, 6) is 1.54. The fourth-order valence-electron chi connectivity index (χ4n) is 2.19. The van der Waals surface area contributed by atoms with Crippen molar-refractivity contribution in [3.8, 4) is 11.8 Å². The van der Waals surface area contributed by atoms with Crippen LogP contribution in [0.1, 0.15) is 11.1 Å². The summed E-state index contributed by atoms with van der Waals surface area (Å²) in [5.41, 5.74) is 2.02. The lowest BCUT2D eigenvalue weighted by Gasteiger charge is -2.03. The molecule has 0 saturated heterocycles. The van der Waals surface area contributed by atoms with E-state index in [2.05, 4.69) is 26.6 Å². The molecule has 0 atom stereocenters. The van der Waals surface area contributed by atoms with Crippen molar-refractivity contribution in [1.29, 1.82) is 5.26 Å². The smallest absolute Gasteiger partial charge is 0.193 e. The van der Waals surface area contributed by atoms with Crippen LogP contribution in [0.25, 0.3) is 0 Å². The number of anilines is 2. The second-order valence-corrected chi connectivity index (χ2v) is 4.90. The van der Waals surface area contributed by atoms with Crippen LogP contribution in [-0.2, 0) is 0 Å². The van der Waals surface area contributed by atoms with Crippen molar-refractivity contribution in [2.24, 2.45) is 4.99 Å². The highest BCUT2D eigenvalue weighted by atomic mass is 16.5. The van der Waals surface area contributed by atoms with Crippen molar-refractivity contribution < 1.29 is 4.74 Å². The number of hydrogen-bond acceptors (Lipinski definition) is 5. The maximum atomic E-state index is 9.42. The number of aromatic nitrogens is 2. The molecule has 0 aliphatic rings. The summed E-state index contributed by atoms with van der Waals surface area (Å²) in [4.78, 5) is 4.31. The lowest BCUT2D eigenvalue weighted by atomic mass is 10.2. The molecule has 2 N–H and O–H groups in total. The van der Waals surface area contributed by atoms with E-state index in [1.807, 2.05) is 54.6 Å². The van der Waals surface area contributed by atoms with Gasteiger partial charge in [0.15, 0.2) is 5.82 Å². The lowest BCUT2D eigenvalue weighted by molar-refractivity contribution is 0.414. The van der Waals surface area contributed by atoms with Crippen LogP contribution in [-0.4, -0.2) is 23.5 Å². The summed E-state index contributed by atoms with van der Waals surface area (Å²) in [6.45, 7) is 0. The van der Waals surface area contributed by atoms with Crippen molar-refractivity contribution in [2.45, 2.75) is 0 Å². The average molecular weight is 317 g/mol. The molecule has 1 heterocycles. The Morgan fingerprint density at radius 2 is 1.92 bits per heavy atom. The Bertz CT molecular complexity index is 893. The third-order valence-electron chi connectivity index (χ3n) is 3.37. The molecule has 0 saturated carbocycles. The number of nitrogens with zero attached hydrogens (tertiary/aromatic N) is 3. The number of rotatable bonds is 5. The molecule has 0 bridgehead atoms. The molecule has 0 amide bonds. The number of ether oxygens (including phenoxy) is 1. The fraction of sp³-hybridized carbons (Fsp3) is 0.0556. The summed E-state index contributed by atoms with van der Waals surface area (Å²) < 4.78 is 5.28. The molecule has 0 aliphatic heterocycles. The van der Waals surface area contributed by atoms with E-state index in [4.69, 9.17) is 4.74 Å². The van der Waals surface area contributed by atoms with E-state index in [0.29, 0.717) is 22.9 Å². The van der Waals surface area contributed by atoms with Crippen molar-refractivity contribution in [2.75, 3.05) is 12.4 Å². The van der Waals surface area contributed by atoms with E-state index in [1.54, 1.807) is 13.3 Å². The number of H-pyrrole nitrogens is 1. The highest BCUT2D eigenvalue weighted by Gasteiger charge is 2.12. The Morgan fingerprint density at radius 3 is 2.67 bits per heavy atom. The molecule has 6 nitrogen and oxygen atoms in total. The van der Waals surface area contributed by atoms with Gasteiger partial charge < -0.3 is 10.1 Å². The maximum Gasteiger partial charge on any atom is 0.193 e. The molecule has 0 fully saturated rings. The zero-order valence-electron chi connectivity index (χ0n) is 13.0. The minimum atomic E-state index is 0.321. The summed E-state index contributed by atoms with van der Waals surface area (Å²) in [6.07, 6.45) is 1.63. The zero-order valence-corrected chi connectivity index (χ0v) is 13.0.